The number of aromatic nitrogens is 3. The minimum absolute atomic E-state index is 0.0425. The van der Waals surface area contributed by atoms with Crippen LogP contribution >= 0.6 is 34.7 Å². The third-order valence-electron chi connectivity index (χ3n) is 3.90. The Hall–Kier alpha value is -2.16. The van der Waals surface area contributed by atoms with Gasteiger partial charge in [-0.05, 0) is 49.6 Å². The second-order valence-corrected chi connectivity index (χ2v) is 8.15. The number of rotatable bonds is 8. The van der Waals surface area contributed by atoms with Gasteiger partial charge in [0.1, 0.15) is 0 Å². The molecule has 0 spiro atoms. The van der Waals surface area contributed by atoms with E-state index in [0.29, 0.717) is 22.3 Å². The lowest BCUT2D eigenvalue weighted by molar-refractivity contribution is -0.143. The van der Waals surface area contributed by atoms with Crippen LogP contribution in [0.5, 0.6) is 0 Å². The van der Waals surface area contributed by atoms with Crippen molar-refractivity contribution < 1.29 is 14.3 Å². The molecule has 28 heavy (non-hydrogen) atoms. The average Bonchev–Trinajstić information content (AvgIpc) is 3.35. The maximum absolute atomic E-state index is 12.3. The fourth-order valence-electron chi connectivity index (χ4n) is 2.53. The second kappa shape index (κ2) is 9.36. The van der Waals surface area contributed by atoms with Crippen LogP contribution in [0.4, 0.5) is 0 Å². The van der Waals surface area contributed by atoms with E-state index >= 15 is 0 Å². The number of halogens is 1. The number of carbonyl (C=O) groups excluding carboxylic acids is 2. The van der Waals surface area contributed by atoms with Gasteiger partial charge in [0.25, 0.3) is 0 Å². The Kier molecular flexibility index (Phi) is 6.88. The minimum Gasteiger partial charge on any atom is -0.454 e. The highest BCUT2D eigenvalue weighted by Crippen LogP contribution is 2.27. The molecule has 0 fully saturated rings. The fraction of sp³-hybridized carbons (Fsp3) is 0.263. The molecule has 2 heterocycles. The Morgan fingerprint density at radius 1 is 1.25 bits per heavy atom. The molecule has 0 aliphatic rings. The van der Waals surface area contributed by atoms with Crippen molar-refractivity contribution in [1.29, 1.82) is 0 Å². The lowest BCUT2D eigenvalue weighted by atomic mass is 10.1. The molecule has 146 valence electrons. The number of carbonyl (C=O) groups is 2. The normalized spacial score (nSPS) is 12.0. The molecule has 0 aliphatic carbocycles. The van der Waals surface area contributed by atoms with E-state index < -0.39 is 12.1 Å². The quantitative estimate of drug-likeness (QED) is 0.293. The van der Waals surface area contributed by atoms with Crippen LogP contribution in [-0.4, -0.2) is 38.4 Å². The summed E-state index contributed by atoms with van der Waals surface area (Å²) in [6.07, 6.45) is -0.875. The molecule has 3 rings (SSSR count). The van der Waals surface area contributed by atoms with E-state index in [1.807, 2.05) is 29.0 Å². The third-order valence-corrected chi connectivity index (χ3v) is 5.96. The summed E-state index contributed by atoms with van der Waals surface area (Å²) in [6.45, 7) is 4.24. The van der Waals surface area contributed by atoms with Crippen molar-refractivity contribution in [1.82, 2.24) is 14.8 Å². The molecule has 1 unspecified atom stereocenters. The molecule has 0 amide bonds. The third kappa shape index (κ3) is 4.81. The second-order valence-electron chi connectivity index (χ2n) is 5.82. The van der Waals surface area contributed by atoms with Crippen molar-refractivity contribution >= 4 is 46.5 Å². The van der Waals surface area contributed by atoms with Crippen LogP contribution in [0.15, 0.2) is 46.9 Å². The van der Waals surface area contributed by atoms with Crippen molar-refractivity contribution in [2.24, 2.45) is 0 Å². The number of thioether (sulfide) groups is 1. The minimum atomic E-state index is -0.875. The zero-order chi connectivity index (χ0) is 20.1. The van der Waals surface area contributed by atoms with Gasteiger partial charge in [0.15, 0.2) is 17.1 Å². The van der Waals surface area contributed by atoms with Crippen LogP contribution in [0, 0.1) is 0 Å². The Morgan fingerprint density at radius 2 is 2.00 bits per heavy atom. The molecule has 2 aromatic heterocycles. The van der Waals surface area contributed by atoms with E-state index in [2.05, 4.69) is 10.2 Å². The fourth-order valence-corrected chi connectivity index (χ4v) is 4.15. The first-order valence-corrected chi connectivity index (χ1v) is 10.8. The number of hydrogen-bond acceptors (Lipinski definition) is 7. The monoisotopic (exact) mass is 435 g/mol. The summed E-state index contributed by atoms with van der Waals surface area (Å²) in [7, 11) is 0. The van der Waals surface area contributed by atoms with Crippen LogP contribution in [0.1, 0.15) is 24.2 Å². The highest BCUT2D eigenvalue weighted by molar-refractivity contribution is 7.99. The van der Waals surface area contributed by atoms with Gasteiger partial charge in [0.05, 0.1) is 10.6 Å². The number of thiophene rings is 1. The van der Waals surface area contributed by atoms with E-state index in [0.717, 1.165) is 10.7 Å². The molecule has 0 bridgehead atoms. The molecular formula is C19H18ClN3O3S2. The molecular weight excluding hydrogens is 418 g/mol. The number of hydrogen-bond donors (Lipinski definition) is 0. The molecule has 3 aromatic rings. The van der Waals surface area contributed by atoms with E-state index in [-0.39, 0.29) is 11.5 Å². The lowest BCUT2D eigenvalue weighted by Gasteiger charge is -2.12. The number of nitrogens with zero attached hydrogens (tertiary/aromatic N) is 3. The van der Waals surface area contributed by atoms with Gasteiger partial charge in [-0.25, -0.2) is 0 Å². The van der Waals surface area contributed by atoms with Crippen molar-refractivity contribution in [3.8, 4) is 10.7 Å². The summed E-state index contributed by atoms with van der Waals surface area (Å²) in [5.41, 5.74) is 0.448. The molecule has 9 heteroatoms. The molecule has 0 N–H and O–H groups in total. The van der Waals surface area contributed by atoms with Gasteiger partial charge >= 0.3 is 5.97 Å². The van der Waals surface area contributed by atoms with Crippen molar-refractivity contribution in [2.45, 2.75) is 31.7 Å². The Bertz CT molecular complexity index is 955. The zero-order valence-corrected chi connectivity index (χ0v) is 17.7. The summed E-state index contributed by atoms with van der Waals surface area (Å²) in [5, 5.41) is 11.6. The summed E-state index contributed by atoms with van der Waals surface area (Å²) < 4.78 is 7.22. The zero-order valence-electron chi connectivity index (χ0n) is 15.3. The van der Waals surface area contributed by atoms with Crippen LogP contribution in [0.3, 0.4) is 0 Å². The van der Waals surface area contributed by atoms with Crippen LogP contribution < -0.4 is 0 Å². The molecule has 0 saturated heterocycles. The Balaban J connectivity index is 1.58. The molecule has 0 radical (unpaired) electrons. The molecule has 0 saturated carbocycles. The first-order chi connectivity index (χ1) is 13.5. The van der Waals surface area contributed by atoms with E-state index in [9.17, 15) is 9.59 Å². The summed E-state index contributed by atoms with van der Waals surface area (Å²) >= 11 is 8.65. The van der Waals surface area contributed by atoms with Gasteiger partial charge in [0, 0.05) is 17.1 Å². The number of Topliss-reactive ketones (excluding diaryl/α,β-unsaturated/α-hetero) is 1. The Morgan fingerprint density at radius 3 is 2.64 bits per heavy atom. The summed E-state index contributed by atoms with van der Waals surface area (Å²) in [6, 6.07) is 10.4. The molecule has 6 nitrogen and oxygen atoms in total. The van der Waals surface area contributed by atoms with Gasteiger partial charge in [0.2, 0.25) is 5.78 Å². The summed E-state index contributed by atoms with van der Waals surface area (Å²) in [5.74, 6) is 0.0652. The smallest absolute Gasteiger partial charge is 0.317 e. The van der Waals surface area contributed by atoms with Gasteiger partial charge in [-0.1, -0.05) is 29.4 Å². The summed E-state index contributed by atoms with van der Waals surface area (Å²) in [4.78, 5) is 25.5. The number of esters is 1. The van der Waals surface area contributed by atoms with E-state index in [4.69, 9.17) is 16.3 Å². The topological polar surface area (TPSA) is 74.1 Å². The van der Waals surface area contributed by atoms with Crippen molar-refractivity contribution in [3.05, 3.63) is 52.4 Å². The van der Waals surface area contributed by atoms with Gasteiger partial charge in [-0.2, -0.15) is 0 Å². The standard InChI is InChI=1S/C19H18ClN3O3S2/c1-3-23-18(15-5-4-10-27-15)21-22-19(23)28-11-16(24)26-12(2)17(25)13-6-8-14(20)9-7-13/h4-10,12H,3,11H2,1-2H3. The predicted molar refractivity (Wildman–Crippen MR) is 111 cm³/mol. The van der Waals surface area contributed by atoms with Crippen molar-refractivity contribution in [2.75, 3.05) is 5.75 Å². The lowest BCUT2D eigenvalue weighted by Crippen LogP contribution is -2.25. The Labute approximate surface area is 175 Å². The maximum Gasteiger partial charge on any atom is 0.317 e. The molecule has 1 atom stereocenters. The van der Waals surface area contributed by atoms with Crippen LogP contribution in [-0.2, 0) is 16.1 Å². The highest BCUT2D eigenvalue weighted by atomic mass is 35.5. The largest absolute Gasteiger partial charge is 0.454 e. The number of ether oxygens (including phenoxy) is 1. The SMILES string of the molecule is CCn1c(SCC(=O)OC(C)C(=O)c2ccc(Cl)cc2)nnc1-c1cccs1. The van der Waals surface area contributed by atoms with E-state index in [1.54, 1.807) is 42.5 Å². The van der Waals surface area contributed by atoms with Crippen LogP contribution in [0.25, 0.3) is 10.7 Å². The maximum atomic E-state index is 12.3. The van der Waals surface area contributed by atoms with Crippen molar-refractivity contribution in [3.63, 3.8) is 0 Å². The average molecular weight is 436 g/mol. The van der Waals surface area contributed by atoms with Crippen LogP contribution in [0.2, 0.25) is 5.02 Å². The van der Waals surface area contributed by atoms with Gasteiger partial charge in [-0.3, -0.25) is 9.59 Å². The number of ketones is 1. The predicted octanol–water partition coefficient (Wildman–Crippen LogP) is 4.59. The first-order valence-electron chi connectivity index (χ1n) is 8.58. The molecule has 1 aromatic carbocycles. The van der Waals surface area contributed by atoms with Gasteiger partial charge in [-0.15, -0.1) is 21.5 Å². The van der Waals surface area contributed by atoms with Gasteiger partial charge < -0.3 is 9.30 Å². The molecule has 0 aliphatic heterocycles. The first kappa shape index (κ1) is 20.6. The number of benzene rings is 1. The highest BCUT2D eigenvalue weighted by Gasteiger charge is 2.21. The van der Waals surface area contributed by atoms with E-state index in [1.165, 1.54) is 11.8 Å².